The van der Waals surface area contributed by atoms with Gasteiger partial charge in [0.25, 0.3) is 0 Å². The molecule has 32 heavy (non-hydrogen) atoms. The molecule has 168 valence electrons. The van der Waals surface area contributed by atoms with E-state index < -0.39 is 0 Å². The first-order chi connectivity index (χ1) is 15.3. The third kappa shape index (κ3) is 5.78. The molecule has 0 fully saturated rings. The van der Waals surface area contributed by atoms with Crippen molar-refractivity contribution in [3.63, 3.8) is 0 Å². The highest BCUT2D eigenvalue weighted by Gasteiger charge is 2.20. The lowest BCUT2D eigenvalue weighted by Gasteiger charge is -2.22. The maximum absolute atomic E-state index is 12.6. The zero-order valence-electron chi connectivity index (χ0n) is 19.5. The van der Waals surface area contributed by atoms with Crippen LogP contribution in [-0.4, -0.2) is 24.1 Å². The summed E-state index contributed by atoms with van der Waals surface area (Å²) in [4.78, 5) is 19.2. The summed E-state index contributed by atoms with van der Waals surface area (Å²) in [5.74, 6) is 1.06. The number of pyridine rings is 1. The molecule has 0 bridgehead atoms. The van der Waals surface area contributed by atoms with Crippen LogP contribution in [0.3, 0.4) is 0 Å². The van der Waals surface area contributed by atoms with Crippen LogP contribution in [0.25, 0.3) is 0 Å². The van der Waals surface area contributed by atoms with Crippen molar-refractivity contribution < 1.29 is 9.53 Å². The average molecular weight is 433 g/mol. The number of hydrogen-bond acceptors (Lipinski definition) is 4. The van der Waals surface area contributed by atoms with E-state index in [1.807, 2.05) is 48.5 Å². The Hall–Kier alpha value is -3.54. The van der Waals surface area contributed by atoms with E-state index in [1.165, 1.54) is 0 Å². The van der Waals surface area contributed by atoms with Gasteiger partial charge in [-0.05, 0) is 61.7 Å². The number of nitrogens with zero attached hydrogens (tertiary/aromatic N) is 2. The Morgan fingerprint density at radius 1 is 0.938 bits per heavy atom. The summed E-state index contributed by atoms with van der Waals surface area (Å²) in [6, 6.07) is 18.8. The van der Waals surface area contributed by atoms with Crippen LogP contribution in [-0.2, 0) is 5.41 Å². The minimum absolute atomic E-state index is 0.0896. The van der Waals surface area contributed by atoms with Crippen LogP contribution in [0.1, 0.15) is 40.2 Å². The van der Waals surface area contributed by atoms with Gasteiger partial charge >= 0.3 is 6.03 Å². The Morgan fingerprint density at radius 3 is 2.28 bits per heavy atom. The van der Waals surface area contributed by atoms with Gasteiger partial charge in [-0.2, -0.15) is 0 Å². The normalized spacial score (nSPS) is 11.0. The lowest BCUT2D eigenvalue weighted by atomic mass is 9.86. The summed E-state index contributed by atoms with van der Waals surface area (Å²) in [5.41, 5.74) is 3.31. The van der Waals surface area contributed by atoms with Gasteiger partial charge in [0.05, 0.1) is 0 Å². The number of ether oxygens (including phenoxy) is 1. The van der Waals surface area contributed by atoms with Gasteiger partial charge in [-0.15, -0.1) is 0 Å². The van der Waals surface area contributed by atoms with Gasteiger partial charge in [0.2, 0.25) is 5.88 Å². The van der Waals surface area contributed by atoms with Crippen molar-refractivity contribution in [3.05, 3.63) is 72.4 Å². The van der Waals surface area contributed by atoms with E-state index in [4.69, 9.17) is 4.74 Å². The van der Waals surface area contributed by atoms with Crippen LogP contribution < -0.4 is 20.3 Å². The van der Waals surface area contributed by atoms with Crippen molar-refractivity contribution in [1.82, 2.24) is 4.98 Å². The third-order valence-corrected chi connectivity index (χ3v) is 5.17. The number of hydrogen-bond donors (Lipinski definition) is 2. The Bertz CT molecular complexity index is 1040. The molecule has 1 heterocycles. The summed E-state index contributed by atoms with van der Waals surface area (Å²) >= 11 is 0. The minimum Gasteiger partial charge on any atom is -0.437 e. The lowest BCUT2D eigenvalue weighted by Crippen LogP contribution is -2.22. The number of anilines is 3. The topological polar surface area (TPSA) is 66.5 Å². The highest BCUT2D eigenvalue weighted by atomic mass is 16.5. The molecule has 2 amide bonds. The molecule has 0 saturated heterocycles. The molecule has 6 nitrogen and oxygen atoms in total. The van der Waals surface area contributed by atoms with Gasteiger partial charge in [0.15, 0.2) is 0 Å². The Morgan fingerprint density at radius 2 is 1.62 bits per heavy atom. The number of amides is 2. The number of carbonyl (C=O) groups is 1. The number of urea groups is 1. The maximum atomic E-state index is 12.6. The molecule has 3 rings (SSSR count). The zero-order chi connectivity index (χ0) is 23.1. The van der Waals surface area contributed by atoms with E-state index in [0.29, 0.717) is 23.0 Å². The number of carbonyl (C=O) groups excluding carboxylic acids is 1. The molecule has 0 spiro atoms. The SMILES string of the molecule is CCN(CC)c1ccc(NC(=O)Nc2cccnc2Oc2ccccc2C(C)(C)C)cc1. The number of nitrogens with one attached hydrogen (secondary N) is 2. The Labute approximate surface area is 190 Å². The van der Waals surface area contributed by atoms with Crippen LogP contribution in [0.15, 0.2) is 66.9 Å². The molecule has 0 aliphatic carbocycles. The number of rotatable bonds is 7. The fourth-order valence-corrected chi connectivity index (χ4v) is 3.48. The maximum Gasteiger partial charge on any atom is 0.323 e. The highest BCUT2D eigenvalue weighted by molar-refractivity contribution is 6.00. The van der Waals surface area contributed by atoms with Crippen molar-refractivity contribution in [2.45, 2.75) is 40.0 Å². The van der Waals surface area contributed by atoms with Crippen molar-refractivity contribution in [1.29, 1.82) is 0 Å². The molecule has 1 aromatic heterocycles. The second-order valence-corrected chi connectivity index (χ2v) is 8.50. The third-order valence-electron chi connectivity index (χ3n) is 5.17. The second-order valence-electron chi connectivity index (χ2n) is 8.50. The molecule has 3 aromatic rings. The van der Waals surface area contributed by atoms with Crippen LogP contribution in [0, 0.1) is 0 Å². The molecule has 2 aromatic carbocycles. The van der Waals surface area contributed by atoms with Crippen molar-refractivity contribution in [2.24, 2.45) is 0 Å². The van der Waals surface area contributed by atoms with Gasteiger partial charge in [-0.1, -0.05) is 39.0 Å². The summed E-state index contributed by atoms with van der Waals surface area (Å²) < 4.78 is 6.13. The number of aromatic nitrogens is 1. The average Bonchev–Trinajstić information content (AvgIpc) is 2.77. The second kappa shape index (κ2) is 10.2. The standard InChI is InChI=1S/C26H32N4O2/c1-6-30(7-2)20-16-14-19(15-17-20)28-25(31)29-22-12-10-18-27-24(22)32-23-13-9-8-11-21(23)26(3,4)5/h8-18H,6-7H2,1-5H3,(H2,28,29,31). The Balaban J connectivity index is 1.72. The van der Waals surface area contributed by atoms with Crippen LogP contribution in [0.4, 0.5) is 21.9 Å². The van der Waals surface area contributed by atoms with E-state index >= 15 is 0 Å². The van der Waals surface area contributed by atoms with E-state index in [-0.39, 0.29) is 11.4 Å². The summed E-state index contributed by atoms with van der Waals surface area (Å²) in [5, 5.41) is 5.72. The number of para-hydroxylation sites is 1. The van der Waals surface area contributed by atoms with Crippen molar-refractivity contribution >= 4 is 23.1 Å². The van der Waals surface area contributed by atoms with Gasteiger partial charge in [-0.3, -0.25) is 0 Å². The summed E-state index contributed by atoms with van der Waals surface area (Å²) in [6.07, 6.45) is 1.64. The van der Waals surface area contributed by atoms with E-state index in [1.54, 1.807) is 18.3 Å². The Kier molecular flexibility index (Phi) is 7.36. The fourth-order valence-electron chi connectivity index (χ4n) is 3.48. The molecule has 0 atom stereocenters. The van der Waals surface area contributed by atoms with Gasteiger partial charge in [-0.25, -0.2) is 9.78 Å². The van der Waals surface area contributed by atoms with Gasteiger partial charge < -0.3 is 20.3 Å². The quantitative estimate of drug-likeness (QED) is 0.438. The fraction of sp³-hybridized carbons (Fsp3) is 0.308. The molecule has 0 unspecified atom stereocenters. The molecule has 0 radical (unpaired) electrons. The van der Waals surface area contributed by atoms with Crippen LogP contribution in [0.2, 0.25) is 0 Å². The first kappa shape index (κ1) is 23.1. The summed E-state index contributed by atoms with van der Waals surface area (Å²) in [7, 11) is 0. The minimum atomic E-state index is -0.359. The lowest BCUT2D eigenvalue weighted by molar-refractivity contribution is 0.262. The molecule has 0 aliphatic heterocycles. The molecule has 2 N–H and O–H groups in total. The molecule has 0 saturated carbocycles. The predicted octanol–water partition coefficient (Wildman–Crippen LogP) is 6.66. The predicted molar refractivity (Wildman–Crippen MR) is 132 cm³/mol. The number of benzene rings is 2. The van der Waals surface area contributed by atoms with Crippen molar-refractivity contribution in [3.8, 4) is 11.6 Å². The molecule has 0 aliphatic rings. The molecular formula is C26H32N4O2. The molecule has 6 heteroatoms. The first-order valence-electron chi connectivity index (χ1n) is 11.0. The van der Waals surface area contributed by atoms with Crippen molar-refractivity contribution in [2.75, 3.05) is 28.6 Å². The molecular weight excluding hydrogens is 400 g/mol. The smallest absolute Gasteiger partial charge is 0.323 e. The monoisotopic (exact) mass is 432 g/mol. The first-order valence-corrected chi connectivity index (χ1v) is 11.0. The van der Waals surface area contributed by atoms with Crippen LogP contribution in [0.5, 0.6) is 11.6 Å². The largest absolute Gasteiger partial charge is 0.437 e. The zero-order valence-corrected chi connectivity index (χ0v) is 19.5. The van der Waals surface area contributed by atoms with Crippen LogP contribution >= 0.6 is 0 Å². The highest BCUT2D eigenvalue weighted by Crippen LogP contribution is 2.35. The van der Waals surface area contributed by atoms with E-state index in [9.17, 15) is 4.79 Å². The summed E-state index contributed by atoms with van der Waals surface area (Å²) in [6.45, 7) is 12.5. The van der Waals surface area contributed by atoms with Gasteiger partial charge in [0.1, 0.15) is 11.4 Å². The van der Waals surface area contributed by atoms with Gasteiger partial charge in [0, 0.05) is 36.2 Å². The van der Waals surface area contributed by atoms with E-state index in [0.717, 1.165) is 24.3 Å². The van der Waals surface area contributed by atoms with E-state index in [2.05, 4.69) is 55.1 Å².